The van der Waals surface area contributed by atoms with Crippen molar-refractivity contribution in [2.24, 2.45) is 16.7 Å². The van der Waals surface area contributed by atoms with E-state index in [2.05, 4.69) is 287 Å². The minimum atomic E-state index is 0.201. The maximum Gasteiger partial charge on any atom is 0.0538 e. The van der Waals surface area contributed by atoms with Crippen LogP contribution in [0.3, 0.4) is 0 Å². The number of para-hydroxylation sites is 1. The third-order valence-corrected chi connectivity index (χ3v) is 15.4. The van der Waals surface area contributed by atoms with Crippen LogP contribution in [0.5, 0.6) is 0 Å². The molecule has 9 aromatic rings. The summed E-state index contributed by atoms with van der Waals surface area (Å²) in [7, 11) is 0. The van der Waals surface area contributed by atoms with Gasteiger partial charge in [-0.25, -0.2) is 0 Å². The fourth-order valence-electron chi connectivity index (χ4n) is 11.2. The largest absolute Gasteiger partial charge is 0.313 e. The molecule has 0 N–H and O–H groups in total. The van der Waals surface area contributed by atoms with Gasteiger partial charge in [0.15, 0.2) is 0 Å². The maximum absolute atomic E-state index is 2.47. The van der Waals surface area contributed by atoms with Gasteiger partial charge >= 0.3 is 0 Å². The number of aryl methyl sites for hydroxylation is 5. The number of rotatable bonds is 5. The molecule has 0 radical (unpaired) electrons. The predicted molar refractivity (Wildman–Crippen MR) is 358 cm³/mol. The van der Waals surface area contributed by atoms with Gasteiger partial charge in [-0.15, -0.1) is 0 Å². The Kier molecular flexibility index (Phi) is 21.7. The number of hydrogen-bond donors (Lipinski definition) is 0. The average molecular weight is 1060 g/mol. The first-order valence-corrected chi connectivity index (χ1v) is 29.6. The summed E-state index contributed by atoms with van der Waals surface area (Å²) in [4.78, 5) is 0. The van der Waals surface area contributed by atoms with Gasteiger partial charge in [-0.3, -0.25) is 0 Å². The fourth-order valence-corrected chi connectivity index (χ4v) is 11.2. The smallest absolute Gasteiger partial charge is 0.0538 e. The second-order valence-electron chi connectivity index (χ2n) is 23.2. The Balaban J connectivity index is 0.000000166. The van der Waals surface area contributed by atoms with Crippen LogP contribution < -0.4 is 0 Å². The van der Waals surface area contributed by atoms with Crippen LogP contribution in [-0.2, 0) is 0 Å². The fraction of sp³-hybridized carbons (Fsp3) is 0.250. The summed E-state index contributed by atoms with van der Waals surface area (Å²) >= 11 is 0. The van der Waals surface area contributed by atoms with Crippen LogP contribution in [0.4, 0.5) is 0 Å². The maximum atomic E-state index is 2.47. The lowest BCUT2D eigenvalue weighted by Gasteiger charge is -2.40. The molecule has 12 rings (SSSR count). The number of allylic oxidation sites excluding steroid dienone is 12. The molecular weight excluding hydrogens is 975 g/mol. The number of nitrogens with zero attached hydrogens (tertiary/aromatic N) is 1. The lowest BCUT2D eigenvalue weighted by atomic mass is 9.64. The van der Waals surface area contributed by atoms with E-state index in [0.29, 0.717) is 5.92 Å². The molecule has 0 bridgehead atoms. The molecule has 1 heterocycles. The van der Waals surface area contributed by atoms with E-state index in [1.54, 1.807) is 11.1 Å². The molecule has 1 aromatic heterocycles. The van der Waals surface area contributed by atoms with E-state index in [1.165, 1.54) is 101 Å². The van der Waals surface area contributed by atoms with Gasteiger partial charge in [0.1, 0.15) is 0 Å². The van der Waals surface area contributed by atoms with E-state index in [1.807, 2.05) is 56.3 Å². The Labute approximate surface area is 488 Å². The van der Waals surface area contributed by atoms with E-state index >= 15 is 0 Å². The Morgan fingerprint density at radius 1 is 0.457 bits per heavy atom. The van der Waals surface area contributed by atoms with Crippen molar-refractivity contribution < 1.29 is 0 Å². The summed E-state index contributed by atoms with van der Waals surface area (Å²) in [5.41, 5.74) is 23.4. The van der Waals surface area contributed by atoms with Gasteiger partial charge in [0, 0.05) is 21.9 Å². The first kappa shape index (κ1) is 60.6. The van der Waals surface area contributed by atoms with E-state index < -0.39 is 0 Å². The average Bonchev–Trinajstić information content (AvgIpc) is 4.08. The van der Waals surface area contributed by atoms with Crippen LogP contribution in [0.2, 0.25) is 0 Å². The summed E-state index contributed by atoms with van der Waals surface area (Å²) in [5, 5.41) is 2.64. The topological polar surface area (TPSA) is 4.93 Å². The van der Waals surface area contributed by atoms with Crippen LogP contribution in [0.1, 0.15) is 114 Å². The molecule has 3 aliphatic rings. The van der Waals surface area contributed by atoms with Crippen LogP contribution in [0, 0.1) is 51.4 Å². The molecule has 1 nitrogen and oxygen atoms in total. The van der Waals surface area contributed by atoms with Crippen LogP contribution in [0.25, 0.3) is 55.3 Å². The molecule has 3 aliphatic carbocycles. The normalized spacial score (nSPS) is 16.3. The highest BCUT2D eigenvalue weighted by molar-refractivity contribution is 6.11. The molecule has 8 aromatic carbocycles. The molecular formula is C80H89N. The van der Waals surface area contributed by atoms with E-state index in [9.17, 15) is 0 Å². The highest BCUT2D eigenvalue weighted by atomic mass is 15.0. The van der Waals surface area contributed by atoms with Crippen molar-refractivity contribution in [3.8, 4) is 22.3 Å². The zero-order valence-electron chi connectivity index (χ0n) is 51.0. The third-order valence-electron chi connectivity index (χ3n) is 15.4. The van der Waals surface area contributed by atoms with Crippen LogP contribution in [-0.4, -0.2) is 4.57 Å². The summed E-state index contributed by atoms with van der Waals surface area (Å²) in [6, 6.07) is 72.9. The number of aromatic nitrogens is 1. The van der Waals surface area contributed by atoms with Crippen molar-refractivity contribution in [2.75, 3.05) is 0 Å². The second-order valence-corrected chi connectivity index (χ2v) is 23.2. The van der Waals surface area contributed by atoms with Gasteiger partial charge < -0.3 is 4.57 Å². The SMILES string of the molecule is CC.CC1=CCC(C)(C2=C(C(C)(C)C)C=CCC2C)C=C1.Cc1cc(C)cc(-c2ccc3c(c2)c2ccccc2n3C2=CC=C(c3ccccc3)CC2)c1.Cc1ccc(-c2ccccc2)cc1.Cc1ccccc1.Cc1ccccc1. The van der Waals surface area contributed by atoms with Crippen molar-refractivity contribution in [3.63, 3.8) is 0 Å². The number of fused-ring (bicyclic) bond motifs is 3. The molecule has 1 heteroatoms. The molecule has 0 amide bonds. The summed E-state index contributed by atoms with van der Waals surface area (Å²) in [5.74, 6) is 0.653. The molecule has 0 aliphatic heterocycles. The lowest BCUT2D eigenvalue weighted by Crippen LogP contribution is -2.28. The second kappa shape index (κ2) is 28.9. The molecule has 2 unspecified atom stereocenters. The van der Waals surface area contributed by atoms with Crippen molar-refractivity contribution >= 4 is 33.1 Å². The standard InChI is InChI=1S/C32H27N.C19H28.C13H12.2C7H8.C2H6/c1-22-18-23(2)20-27(19-22)26-14-17-32-30(21-26)29-10-6-7-11-31(29)33(32)28-15-12-25(13-16-28)24-8-4-3-5-9-24;1-14-10-12-19(6,13-11-14)17-15(2)8-7-9-16(17)18(3,4)5;1-11-7-9-13(10-8-11)12-5-3-2-4-6-12;2*1-7-5-3-2-4-6-7;1-2/h3-12,14-15,17-21H,13,16H2,1-2H3;7,9-12,15H,8,13H2,1-6H3;2-10H,1H3;2*2-6H,1H3;1-2H3. The number of hydrogen-bond acceptors (Lipinski definition) is 0. The summed E-state index contributed by atoms with van der Waals surface area (Å²) < 4.78 is 2.47. The van der Waals surface area contributed by atoms with E-state index in [-0.39, 0.29) is 10.8 Å². The Hall–Kier alpha value is -8.00. The molecule has 0 spiro atoms. The van der Waals surface area contributed by atoms with Crippen molar-refractivity contribution in [2.45, 2.75) is 116 Å². The Morgan fingerprint density at radius 3 is 1.48 bits per heavy atom. The first-order valence-electron chi connectivity index (χ1n) is 29.6. The molecule has 0 saturated heterocycles. The lowest BCUT2D eigenvalue weighted by molar-refractivity contribution is 0.405. The third kappa shape index (κ3) is 16.6. The van der Waals surface area contributed by atoms with E-state index in [0.717, 1.165) is 19.3 Å². The molecule has 414 valence electrons. The van der Waals surface area contributed by atoms with Crippen LogP contribution >= 0.6 is 0 Å². The summed E-state index contributed by atoms with van der Waals surface area (Å²) in [6.45, 7) is 28.6. The van der Waals surface area contributed by atoms with E-state index in [4.69, 9.17) is 0 Å². The minimum absolute atomic E-state index is 0.201. The highest BCUT2D eigenvalue weighted by Gasteiger charge is 2.36. The van der Waals surface area contributed by atoms with Gasteiger partial charge in [-0.05, 0) is 142 Å². The molecule has 0 saturated carbocycles. The predicted octanol–water partition coefficient (Wildman–Crippen LogP) is 23.3. The monoisotopic (exact) mass is 1060 g/mol. The molecule has 81 heavy (non-hydrogen) atoms. The van der Waals surface area contributed by atoms with Crippen molar-refractivity contribution in [1.29, 1.82) is 0 Å². The van der Waals surface area contributed by atoms with Crippen LogP contribution in [0.15, 0.2) is 266 Å². The van der Waals surface area contributed by atoms with Gasteiger partial charge in [-0.1, -0.05) is 312 Å². The van der Waals surface area contributed by atoms with Gasteiger partial charge in [-0.2, -0.15) is 0 Å². The minimum Gasteiger partial charge on any atom is -0.313 e. The highest BCUT2D eigenvalue weighted by Crippen LogP contribution is 2.49. The Morgan fingerprint density at radius 2 is 0.963 bits per heavy atom. The quantitative estimate of drug-likeness (QED) is 0.162. The zero-order valence-corrected chi connectivity index (χ0v) is 51.0. The van der Waals surface area contributed by atoms with Gasteiger partial charge in [0.25, 0.3) is 0 Å². The first-order chi connectivity index (χ1) is 39.1. The van der Waals surface area contributed by atoms with Crippen molar-refractivity contribution in [1.82, 2.24) is 4.57 Å². The van der Waals surface area contributed by atoms with Crippen molar-refractivity contribution in [3.05, 3.63) is 299 Å². The molecule has 0 fully saturated rings. The molecule has 2 atom stereocenters. The van der Waals surface area contributed by atoms with Gasteiger partial charge in [0.05, 0.1) is 11.0 Å². The summed E-state index contributed by atoms with van der Waals surface area (Å²) in [6.07, 6.45) is 20.9. The zero-order chi connectivity index (χ0) is 57.9. The van der Waals surface area contributed by atoms with Gasteiger partial charge in [0.2, 0.25) is 0 Å². The Bertz CT molecular complexity index is 3570. The number of benzene rings is 8.